The molecule has 1 saturated heterocycles. The van der Waals surface area contributed by atoms with Crippen molar-refractivity contribution < 1.29 is 23.7 Å². The molecule has 36 heavy (non-hydrogen) atoms. The lowest BCUT2D eigenvalue weighted by atomic mass is 9.96. The maximum Gasteiger partial charge on any atom is 0.311 e. The molecule has 0 bridgehead atoms. The predicted molar refractivity (Wildman–Crippen MR) is 134 cm³/mol. The maximum atomic E-state index is 13.9. The molecule has 0 radical (unpaired) electrons. The van der Waals surface area contributed by atoms with Crippen LogP contribution < -0.4 is 4.57 Å². The molecule has 192 valence electrons. The number of aryl methyl sites for hydroxylation is 2. The van der Waals surface area contributed by atoms with Gasteiger partial charge in [0.1, 0.15) is 17.1 Å². The van der Waals surface area contributed by atoms with Crippen LogP contribution in [0.4, 0.5) is 4.39 Å². The van der Waals surface area contributed by atoms with E-state index in [1.54, 1.807) is 32.6 Å². The first kappa shape index (κ1) is 25.8. The minimum atomic E-state index is -1.46. The second-order valence-corrected chi connectivity index (χ2v) is 10.5. The minimum Gasteiger partial charge on any atom is -0.381 e. The summed E-state index contributed by atoms with van der Waals surface area (Å²) in [6.45, 7) is 12.5. The zero-order valence-corrected chi connectivity index (χ0v) is 21.9. The number of rotatable bonds is 5. The molecule has 8 nitrogen and oxygen atoms in total. The Kier molecular flexibility index (Phi) is 6.64. The average molecular weight is 497 g/mol. The normalized spacial score (nSPS) is 16.0. The summed E-state index contributed by atoms with van der Waals surface area (Å²) in [6, 6.07) is 8.21. The van der Waals surface area contributed by atoms with E-state index < -0.39 is 11.1 Å². The standard InChI is InChI=1S/C27H35FN5O3/c1-7-18-15-21(19-9-11-20(28)12-10-19)29-33-16-22(31(8-2)23(18)33)24(34)32-14-13-30(17-26(32,3)4)25(35)27(5,6)36/h9-12,15-16,36H,7-8,13-14,17H2,1-6H3/q+1. The second kappa shape index (κ2) is 9.28. The molecule has 0 atom stereocenters. The van der Waals surface area contributed by atoms with Crippen molar-refractivity contribution in [3.05, 3.63) is 53.6 Å². The number of piperazine rings is 1. The first-order valence-electron chi connectivity index (χ1n) is 12.4. The summed E-state index contributed by atoms with van der Waals surface area (Å²) < 4.78 is 17.2. The summed E-state index contributed by atoms with van der Waals surface area (Å²) in [5.74, 6) is -0.778. The van der Waals surface area contributed by atoms with Gasteiger partial charge in [-0.15, -0.1) is 0 Å². The van der Waals surface area contributed by atoms with Gasteiger partial charge in [0, 0.05) is 30.8 Å². The number of hydrogen-bond donors (Lipinski definition) is 1. The van der Waals surface area contributed by atoms with Gasteiger partial charge in [-0.25, -0.2) is 8.96 Å². The van der Waals surface area contributed by atoms with Crippen LogP contribution in [0.25, 0.3) is 16.9 Å². The first-order chi connectivity index (χ1) is 16.9. The summed E-state index contributed by atoms with van der Waals surface area (Å²) >= 11 is 0. The van der Waals surface area contributed by atoms with Gasteiger partial charge in [0.2, 0.25) is 5.69 Å². The van der Waals surface area contributed by atoms with Gasteiger partial charge in [-0.3, -0.25) is 9.59 Å². The van der Waals surface area contributed by atoms with E-state index in [9.17, 15) is 19.1 Å². The Morgan fingerprint density at radius 3 is 2.39 bits per heavy atom. The number of carbonyl (C=O) groups is 2. The molecule has 1 fully saturated rings. The van der Waals surface area contributed by atoms with Crippen molar-refractivity contribution >= 4 is 17.5 Å². The van der Waals surface area contributed by atoms with Crippen LogP contribution in [-0.4, -0.2) is 67.1 Å². The fraction of sp³-hybridized carbons (Fsp3) is 0.481. The Balaban J connectivity index is 1.73. The zero-order chi connectivity index (χ0) is 26.4. The van der Waals surface area contributed by atoms with Gasteiger partial charge >= 0.3 is 5.65 Å². The number of nitrogens with zero attached hydrogens (tertiary/aromatic N) is 5. The summed E-state index contributed by atoms with van der Waals surface area (Å²) in [6.07, 6.45) is 2.50. The molecule has 0 aliphatic carbocycles. The number of amides is 2. The summed E-state index contributed by atoms with van der Waals surface area (Å²) in [5.41, 5.74) is 1.81. The van der Waals surface area contributed by atoms with Crippen molar-refractivity contribution in [2.45, 2.75) is 65.6 Å². The predicted octanol–water partition coefficient (Wildman–Crippen LogP) is 2.84. The van der Waals surface area contributed by atoms with E-state index in [0.717, 1.165) is 23.2 Å². The number of aliphatic hydroxyl groups is 1. The van der Waals surface area contributed by atoms with Crippen molar-refractivity contribution in [1.29, 1.82) is 0 Å². The van der Waals surface area contributed by atoms with E-state index >= 15 is 0 Å². The monoisotopic (exact) mass is 496 g/mol. The highest BCUT2D eigenvalue weighted by molar-refractivity contribution is 5.92. The fourth-order valence-corrected chi connectivity index (χ4v) is 5.00. The largest absolute Gasteiger partial charge is 0.381 e. The molecular formula is C27H35FN5O3+. The molecular weight excluding hydrogens is 461 g/mol. The molecule has 3 heterocycles. The van der Waals surface area contributed by atoms with Crippen LogP contribution in [0.5, 0.6) is 0 Å². The molecule has 9 heteroatoms. The van der Waals surface area contributed by atoms with Crippen LogP contribution in [0.15, 0.2) is 36.5 Å². The van der Waals surface area contributed by atoms with Gasteiger partial charge in [-0.1, -0.05) is 16.5 Å². The fourth-order valence-electron chi connectivity index (χ4n) is 5.00. The SMILES string of the molecule is CCc1cc(-c2ccc(F)cc2)nn2cc(C(=O)N3CCN(C(=O)C(C)(C)O)CC3(C)C)[n+](CC)c12. The van der Waals surface area contributed by atoms with Crippen LogP contribution >= 0.6 is 0 Å². The van der Waals surface area contributed by atoms with Gasteiger partial charge in [0.15, 0.2) is 6.20 Å². The Morgan fingerprint density at radius 1 is 1.17 bits per heavy atom. The molecule has 0 unspecified atom stereocenters. The molecule has 1 aliphatic rings. The summed E-state index contributed by atoms with van der Waals surface area (Å²) in [5, 5.41) is 14.9. The third-order valence-electron chi connectivity index (χ3n) is 6.84. The highest BCUT2D eigenvalue weighted by Gasteiger charge is 2.43. The van der Waals surface area contributed by atoms with Crippen LogP contribution in [0, 0.1) is 5.82 Å². The third-order valence-corrected chi connectivity index (χ3v) is 6.84. The van der Waals surface area contributed by atoms with E-state index in [1.807, 2.05) is 31.4 Å². The Hall–Kier alpha value is -3.33. The van der Waals surface area contributed by atoms with Gasteiger partial charge < -0.3 is 14.9 Å². The molecule has 1 aliphatic heterocycles. The van der Waals surface area contributed by atoms with Crippen LogP contribution in [0.2, 0.25) is 0 Å². The second-order valence-electron chi connectivity index (χ2n) is 10.5. The maximum absolute atomic E-state index is 13.9. The number of hydrogen-bond acceptors (Lipinski definition) is 4. The third kappa shape index (κ3) is 4.59. The van der Waals surface area contributed by atoms with Crippen molar-refractivity contribution in [2.75, 3.05) is 19.6 Å². The number of fused-ring (bicyclic) bond motifs is 1. The molecule has 2 aromatic heterocycles. The lowest BCUT2D eigenvalue weighted by molar-refractivity contribution is -0.669. The lowest BCUT2D eigenvalue weighted by Gasteiger charge is -2.47. The smallest absolute Gasteiger partial charge is 0.311 e. The Bertz CT molecular complexity index is 1310. The Morgan fingerprint density at radius 2 is 1.83 bits per heavy atom. The summed E-state index contributed by atoms with van der Waals surface area (Å²) in [4.78, 5) is 30.0. The average Bonchev–Trinajstić information content (AvgIpc) is 3.20. The van der Waals surface area contributed by atoms with E-state index in [2.05, 4.69) is 6.92 Å². The molecule has 3 aromatic rings. The number of aromatic nitrogens is 3. The zero-order valence-electron chi connectivity index (χ0n) is 21.9. The molecule has 4 rings (SSSR count). The number of halogens is 1. The highest BCUT2D eigenvalue weighted by Crippen LogP contribution is 2.26. The van der Waals surface area contributed by atoms with Crippen LogP contribution in [-0.2, 0) is 17.8 Å². The lowest BCUT2D eigenvalue weighted by Crippen LogP contribution is -2.64. The van der Waals surface area contributed by atoms with Gasteiger partial charge in [0.25, 0.3) is 11.8 Å². The summed E-state index contributed by atoms with van der Waals surface area (Å²) in [7, 11) is 0. The quantitative estimate of drug-likeness (QED) is 0.551. The minimum absolute atomic E-state index is 0.131. The van der Waals surface area contributed by atoms with E-state index in [0.29, 0.717) is 37.6 Å². The molecule has 0 spiro atoms. The van der Waals surface area contributed by atoms with Gasteiger partial charge in [0.05, 0.1) is 12.1 Å². The van der Waals surface area contributed by atoms with Crippen molar-refractivity contribution in [2.24, 2.45) is 0 Å². The van der Waals surface area contributed by atoms with Crippen molar-refractivity contribution in [3.8, 4) is 11.3 Å². The highest BCUT2D eigenvalue weighted by atomic mass is 19.1. The molecule has 0 saturated carbocycles. The van der Waals surface area contributed by atoms with Gasteiger partial charge in [-0.05, 0) is 71.4 Å². The Labute approximate surface area is 210 Å². The van der Waals surface area contributed by atoms with E-state index in [1.165, 1.54) is 26.0 Å². The van der Waals surface area contributed by atoms with E-state index in [4.69, 9.17) is 5.10 Å². The number of imidazole rings is 1. The number of benzene rings is 1. The molecule has 1 N–H and O–H groups in total. The number of carbonyl (C=O) groups excluding carboxylic acids is 2. The topological polar surface area (TPSA) is 82.0 Å². The molecule has 2 amide bonds. The van der Waals surface area contributed by atoms with Crippen molar-refractivity contribution in [1.82, 2.24) is 19.4 Å². The molecule has 1 aromatic carbocycles. The van der Waals surface area contributed by atoms with Gasteiger partial charge in [-0.2, -0.15) is 0 Å². The van der Waals surface area contributed by atoms with E-state index in [-0.39, 0.29) is 17.6 Å². The first-order valence-corrected chi connectivity index (χ1v) is 12.4. The van der Waals surface area contributed by atoms with Crippen molar-refractivity contribution in [3.63, 3.8) is 0 Å². The van der Waals surface area contributed by atoms with Crippen LogP contribution in [0.1, 0.15) is 57.6 Å². The van der Waals surface area contributed by atoms with Crippen LogP contribution in [0.3, 0.4) is 0 Å².